The van der Waals surface area contributed by atoms with Crippen LogP contribution in [0.2, 0.25) is 0 Å². The topological polar surface area (TPSA) is 54.5 Å². The van der Waals surface area contributed by atoms with Gasteiger partial charge in [-0.15, -0.1) is 0 Å². The molecule has 1 aliphatic carbocycles. The van der Waals surface area contributed by atoms with Crippen molar-refractivity contribution < 1.29 is 9.53 Å². The van der Waals surface area contributed by atoms with Crippen LogP contribution in [0.25, 0.3) is 0 Å². The highest BCUT2D eigenvalue weighted by molar-refractivity contribution is 5.72. The molecule has 2 aromatic rings. The lowest BCUT2D eigenvalue weighted by molar-refractivity contribution is 0.192. The van der Waals surface area contributed by atoms with Gasteiger partial charge in [-0.3, -0.25) is 4.98 Å². The van der Waals surface area contributed by atoms with Crippen LogP contribution in [0.4, 0.5) is 10.5 Å². The molecule has 0 saturated heterocycles. The normalized spacial score (nSPS) is 18.6. The zero-order valence-corrected chi connectivity index (χ0v) is 16.8. The molecule has 1 aromatic carbocycles. The fourth-order valence-electron chi connectivity index (χ4n) is 4.45. The zero-order chi connectivity index (χ0) is 19.6. The molecule has 1 saturated carbocycles. The zero-order valence-electron chi connectivity index (χ0n) is 16.8. The molecule has 0 bridgehead atoms. The SMILES string of the molecule is CC1(C)CN(Cc2cccnc2)c2ccc(OC(=O)NC3CCCCC3)cc21. The summed E-state index contributed by atoms with van der Waals surface area (Å²) in [5.41, 5.74) is 3.61. The van der Waals surface area contributed by atoms with E-state index in [1.165, 1.54) is 36.1 Å². The van der Waals surface area contributed by atoms with E-state index in [4.69, 9.17) is 4.74 Å². The van der Waals surface area contributed by atoms with Gasteiger partial charge in [0.05, 0.1) is 0 Å². The van der Waals surface area contributed by atoms with Crippen molar-refractivity contribution in [2.75, 3.05) is 11.4 Å². The highest BCUT2D eigenvalue weighted by atomic mass is 16.6. The highest BCUT2D eigenvalue weighted by Gasteiger charge is 2.35. The van der Waals surface area contributed by atoms with Gasteiger partial charge in [-0.25, -0.2) is 4.79 Å². The second kappa shape index (κ2) is 7.82. The number of pyridine rings is 1. The van der Waals surface area contributed by atoms with Crippen LogP contribution in [0.15, 0.2) is 42.7 Å². The lowest BCUT2D eigenvalue weighted by atomic mass is 9.87. The van der Waals surface area contributed by atoms with Gasteiger partial charge < -0.3 is 15.0 Å². The molecule has 0 unspecified atom stereocenters. The van der Waals surface area contributed by atoms with Crippen molar-refractivity contribution in [3.8, 4) is 5.75 Å². The number of aromatic nitrogens is 1. The Balaban J connectivity index is 1.46. The van der Waals surface area contributed by atoms with Crippen molar-refractivity contribution in [1.82, 2.24) is 10.3 Å². The maximum atomic E-state index is 12.3. The molecule has 4 rings (SSSR count). The van der Waals surface area contributed by atoms with E-state index in [-0.39, 0.29) is 17.6 Å². The summed E-state index contributed by atoms with van der Waals surface area (Å²) in [4.78, 5) is 18.9. The van der Waals surface area contributed by atoms with E-state index in [9.17, 15) is 4.79 Å². The maximum Gasteiger partial charge on any atom is 0.412 e. The maximum absolute atomic E-state index is 12.3. The molecule has 0 spiro atoms. The second-order valence-corrected chi connectivity index (χ2v) is 8.65. The van der Waals surface area contributed by atoms with Crippen molar-refractivity contribution in [2.45, 2.75) is 64.0 Å². The molecule has 0 radical (unpaired) electrons. The summed E-state index contributed by atoms with van der Waals surface area (Å²) in [6.07, 6.45) is 9.12. The molecule has 2 aliphatic rings. The van der Waals surface area contributed by atoms with Gasteiger partial charge in [0.25, 0.3) is 0 Å². The number of nitrogens with one attached hydrogen (secondary N) is 1. The third-order valence-electron chi connectivity index (χ3n) is 5.86. The number of carbonyl (C=O) groups excluding carboxylic acids is 1. The highest BCUT2D eigenvalue weighted by Crippen LogP contribution is 2.42. The van der Waals surface area contributed by atoms with Crippen molar-refractivity contribution in [3.05, 3.63) is 53.9 Å². The molecule has 5 nitrogen and oxygen atoms in total. The first-order valence-electron chi connectivity index (χ1n) is 10.3. The molecule has 0 atom stereocenters. The molecule has 1 fully saturated rings. The number of benzene rings is 1. The number of anilines is 1. The quantitative estimate of drug-likeness (QED) is 0.829. The summed E-state index contributed by atoms with van der Waals surface area (Å²) in [7, 11) is 0. The summed E-state index contributed by atoms with van der Waals surface area (Å²) in [5, 5.41) is 3.02. The van der Waals surface area contributed by atoms with Gasteiger partial charge in [-0.2, -0.15) is 0 Å². The van der Waals surface area contributed by atoms with Crippen LogP contribution in [0.3, 0.4) is 0 Å². The van der Waals surface area contributed by atoms with Gasteiger partial charge in [-0.05, 0) is 48.2 Å². The largest absolute Gasteiger partial charge is 0.412 e. The van der Waals surface area contributed by atoms with Crippen molar-refractivity contribution in [3.63, 3.8) is 0 Å². The van der Waals surface area contributed by atoms with Crippen LogP contribution in [0.1, 0.15) is 57.1 Å². The fourth-order valence-corrected chi connectivity index (χ4v) is 4.45. The van der Waals surface area contributed by atoms with E-state index in [1.54, 1.807) is 6.20 Å². The molecule has 148 valence electrons. The fraction of sp³-hybridized carbons (Fsp3) is 0.478. The number of fused-ring (bicyclic) bond motifs is 1. The molecular formula is C23H29N3O2. The molecule has 28 heavy (non-hydrogen) atoms. The third kappa shape index (κ3) is 4.13. The summed E-state index contributed by atoms with van der Waals surface area (Å²) in [5.74, 6) is 0.614. The first-order chi connectivity index (χ1) is 13.5. The van der Waals surface area contributed by atoms with Crippen LogP contribution in [-0.2, 0) is 12.0 Å². The Morgan fingerprint density at radius 1 is 1.25 bits per heavy atom. The summed E-state index contributed by atoms with van der Waals surface area (Å²) in [6, 6.07) is 10.3. The number of rotatable bonds is 4. The summed E-state index contributed by atoms with van der Waals surface area (Å²) >= 11 is 0. The average molecular weight is 380 g/mol. The van der Waals surface area contributed by atoms with Crippen LogP contribution in [0, 0.1) is 0 Å². The van der Waals surface area contributed by atoms with E-state index in [0.717, 1.165) is 25.9 Å². The Labute approximate surface area is 167 Å². The van der Waals surface area contributed by atoms with Gasteiger partial charge in [0.1, 0.15) is 5.75 Å². The van der Waals surface area contributed by atoms with Crippen LogP contribution in [0.5, 0.6) is 5.75 Å². The summed E-state index contributed by atoms with van der Waals surface area (Å²) in [6.45, 7) is 6.23. The third-order valence-corrected chi connectivity index (χ3v) is 5.86. The number of ether oxygens (including phenoxy) is 1. The van der Waals surface area contributed by atoms with E-state index in [0.29, 0.717) is 5.75 Å². The molecule has 1 aliphatic heterocycles. The monoisotopic (exact) mass is 379 g/mol. The van der Waals surface area contributed by atoms with Gasteiger partial charge in [0.15, 0.2) is 0 Å². The number of hydrogen-bond donors (Lipinski definition) is 1. The second-order valence-electron chi connectivity index (χ2n) is 8.65. The molecule has 1 amide bonds. The van der Waals surface area contributed by atoms with E-state index >= 15 is 0 Å². The van der Waals surface area contributed by atoms with Crippen molar-refractivity contribution in [2.24, 2.45) is 0 Å². The van der Waals surface area contributed by atoms with Crippen LogP contribution >= 0.6 is 0 Å². The standard InChI is InChI=1S/C23H29N3O2/c1-23(2)16-26(15-17-7-6-12-24-14-17)21-11-10-19(13-20(21)23)28-22(27)25-18-8-4-3-5-9-18/h6-7,10-14,18H,3-5,8-9,15-16H2,1-2H3,(H,25,27). The Morgan fingerprint density at radius 3 is 2.82 bits per heavy atom. The van der Waals surface area contributed by atoms with E-state index in [2.05, 4.69) is 41.2 Å². The molecule has 1 N–H and O–H groups in total. The minimum atomic E-state index is -0.338. The molecular weight excluding hydrogens is 350 g/mol. The molecule has 2 heterocycles. The van der Waals surface area contributed by atoms with Gasteiger partial charge in [-0.1, -0.05) is 39.2 Å². The Hall–Kier alpha value is -2.56. The van der Waals surface area contributed by atoms with Crippen LogP contribution in [-0.4, -0.2) is 23.7 Å². The first kappa shape index (κ1) is 18.8. The van der Waals surface area contributed by atoms with Crippen molar-refractivity contribution >= 4 is 11.8 Å². The van der Waals surface area contributed by atoms with Gasteiger partial charge in [0.2, 0.25) is 0 Å². The number of carbonyl (C=O) groups is 1. The lowest BCUT2D eigenvalue weighted by Crippen LogP contribution is -2.38. The minimum Gasteiger partial charge on any atom is -0.410 e. The Bertz CT molecular complexity index is 829. The molecule has 1 aromatic heterocycles. The summed E-state index contributed by atoms with van der Waals surface area (Å²) < 4.78 is 5.61. The predicted molar refractivity (Wildman–Crippen MR) is 111 cm³/mol. The van der Waals surface area contributed by atoms with E-state index in [1.807, 2.05) is 24.4 Å². The van der Waals surface area contributed by atoms with E-state index < -0.39 is 0 Å². The Kier molecular flexibility index (Phi) is 5.25. The minimum absolute atomic E-state index is 0.00322. The van der Waals surface area contributed by atoms with Gasteiger partial charge in [0, 0.05) is 42.6 Å². The van der Waals surface area contributed by atoms with Gasteiger partial charge >= 0.3 is 6.09 Å². The number of nitrogens with zero attached hydrogens (tertiary/aromatic N) is 2. The predicted octanol–water partition coefficient (Wildman–Crippen LogP) is 4.80. The lowest BCUT2D eigenvalue weighted by Gasteiger charge is -2.22. The van der Waals surface area contributed by atoms with Crippen molar-refractivity contribution in [1.29, 1.82) is 0 Å². The Morgan fingerprint density at radius 2 is 2.07 bits per heavy atom. The number of amides is 1. The van der Waals surface area contributed by atoms with Crippen LogP contribution < -0.4 is 15.0 Å². The number of hydrogen-bond acceptors (Lipinski definition) is 4. The molecule has 5 heteroatoms. The first-order valence-corrected chi connectivity index (χ1v) is 10.3. The average Bonchev–Trinajstić information content (AvgIpc) is 2.93. The smallest absolute Gasteiger partial charge is 0.410 e.